The van der Waals surface area contributed by atoms with E-state index in [1.165, 1.54) is 24.4 Å². The second kappa shape index (κ2) is 11.8. The molecule has 37 heavy (non-hydrogen) atoms. The number of rotatable bonds is 10. The molecule has 0 bridgehead atoms. The van der Waals surface area contributed by atoms with Crippen LogP contribution in [-0.2, 0) is 21.3 Å². The van der Waals surface area contributed by atoms with Gasteiger partial charge in [-0.15, -0.1) is 0 Å². The number of hydrogen-bond donors (Lipinski definition) is 1. The molecule has 0 aliphatic carbocycles. The number of para-hydroxylation sites is 2. The first-order chi connectivity index (χ1) is 17.9. The molecule has 4 aromatic rings. The molecule has 0 aliphatic rings. The van der Waals surface area contributed by atoms with Crippen LogP contribution in [0.4, 0.5) is 0 Å². The highest BCUT2D eigenvalue weighted by atomic mass is 32.2. The van der Waals surface area contributed by atoms with E-state index in [1.807, 2.05) is 18.2 Å². The van der Waals surface area contributed by atoms with Gasteiger partial charge >= 0.3 is 10.1 Å². The van der Waals surface area contributed by atoms with E-state index in [0.717, 1.165) is 11.8 Å². The third kappa shape index (κ3) is 7.15. The van der Waals surface area contributed by atoms with Gasteiger partial charge in [0, 0.05) is 11.6 Å². The maximum atomic E-state index is 12.8. The molecular weight excluding hydrogens is 494 g/mol. The van der Waals surface area contributed by atoms with Crippen molar-refractivity contribution in [3.05, 3.63) is 108 Å². The van der Waals surface area contributed by atoms with Crippen LogP contribution in [0.5, 0.6) is 23.1 Å². The number of carbonyl (C=O) groups excluding carboxylic acids is 1. The summed E-state index contributed by atoms with van der Waals surface area (Å²) in [5, 5.41) is 3.94. The second-order valence-electron chi connectivity index (χ2n) is 7.64. The first-order valence-electron chi connectivity index (χ1n) is 11.1. The largest absolute Gasteiger partial charge is 0.497 e. The smallest absolute Gasteiger partial charge is 0.340 e. The number of hydrogen-bond acceptors (Lipinski definition) is 8. The average molecular weight is 518 g/mol. The lowest BCUT2D eigenvalue weighted by atomic mass is 10.1. The highest BCUT2D eigenvalue weighted by Crippen LogP contribution is 2.24. The van der Waals surface area contributed by atoms with Gasteiger partial charge in [0.15, 0.2) is 5.75 Å². The fourth-order valence-electron chi connectivity index (χ4n) is 3.19. The molecule has 0 radical (unpaired) electrons. The lowest BCUT2D eigenvalue weighted by molar-refractivity contribution is -0.120. The second-order valence-corrected chi connectivity index (χ2v) is 9.19. The third-order valence-corrected chi connectivity index (χ3v) is 6.19. The first kappa shape index (κ1) is 25.4. The van der Waals surface area contributed by atoms with Gasteiger partial charge in [-0.1, -0.05) is 42.5 Å². The fourth-order valence-corrected chi connectivity index (χ4v) is 4.10. The van der Waals surface area contributed by atoms with Crippen LogP contribution < -0.4 is 19.1 Å². The Balaban J connectivity index is 1.40. The summed E-state index contributed by atoms with van der Waals surface area (Å²) >= 11 is 0. The summed E-state index contributed by atoms with van der Waals surface area (Å²) in [4.78, 5) is 16.1. The molecule has 1 aromatic heterocycles. The predicted molar refractivity (Wildman–Crippen MR) is 137 cm³/mol. The van der Waals surface area contributed by atoms with Gasteiger partial charge in [-0.2, -0.15) is 13.5 Å². The SMILES string of the molecule is COc1cccc(CC(=O)N/N=C/c2ccccc2OS(=O)(=O)c2ccc(Oc3ccccc3)nc2)c1. The van der Waals surface area contributed by atoms with Crippen LogP contribution in [0, 0.1) is 0 Å². The van der Waals surface area contributed by atoms with E-state index in [2.05, 4.69) is 15.5 Å². The molecule has 9 nitrogen and oxygen atoms in total. The van der Waals surface area contributed by atoms with Crippen LogP contribution in [0.2, 0.25) is 0 Å². The first-order valence-corrected chi connectivity index (χ1v) is 12.5. The molecular formula is C27H23N3O6S. The van der Waals surface area contributed by atoms with Gasteiger partial charge in [-0.3, -0.25) is 4.79 Å². The summed E-state index contributed by atoms with van der Waals surface area (Å²) in [6.45, 7) is 0. The summed E-state index contributed by atoms with van der Waals surface area (Å²) in [5.74, 6) is 1.15. The summed E-state index contributed by atoms with van der Waals surface area (Å²) in [5.41, 5.74) is 3.54. The maximum absolute atomic E-state index is 12.8. The highest BCUT2D eigenvalue weighted by Gasteiger charge is 2.19. The average Bonchev–Trinajstić information content (AvgIpc) is 2.90. The van der Waals surface area contributed by atoms with Gasteiger partial charge in [-0.05, 0) is 48.0 Å². The summed E-state index contributed by atoms with van der Waals surface area (Å²) in [7, 11) is -2.64. The van der Waals surface area contributed by atoms with Crippen molar-refractivity contribution in [3.8, 4) is 23.1 Å². The van der Waals surface area contributed by atoms with Crippen molar-refractivity contribution in [1.29, 1.82) is 0 Å². The fraction of sp³-hybridized carbons (Fsp3) is 0.0741. The van der Waals surface area contributed by atoms with Gasteiger partial charge in [0.25, 0.3) is 0 Å². The minimum absolute atomic E-state index is 0.0397. The van der Waals surface area contributed by atoms with E-state index < -0.39 is 10.1 Å². The Morgan fingerprint density at radius 2 is 1.70 bits per heavy atom. The number of ether oxygens (including phenoxy) is 2. The van der Waals surface area contributed by atoms with E-state index in [9.17, 15) is 13.2 Å². The molecule has 3 aromatic carbocycles. The van der Waals surface area contributed by atoms with Crippen molar-refractivity contribution in [3.63, 3.8) is 0 Å². The van der Waals surface area contributed by atoms with Crippen molar-refractivity contribution in [2.75, 3.05) is 7.11 Å². The maximum Gasteiger partial charge on any atom is 0.340 e. The van der Waals surface area contributed by atoms with Crippen molar-refractivity contribution < 1.29 is 26.9 Å². The van der Waals surface area contributed by atoms with E-state index >= 15 is 0 Å². The Morgan fingerprint density at radius 3 is 2.46 bits per heavy atom. The van der Waals surface area contributed by atoms with Gasteiger partial charge in [0.2, 0.25) is 11.8 Å². The number of aromatic nitrogens is 1. The zero-order valence-electron chi connectivity index (χ0n) is 19.8. The molecule has 1 N–H and O–H groups in total. The summed E-state index contributed by atoms with van der Waals surface area (Å²) in [6.07, 6.45) is 2.56. The van der Waals surface area contributed by atoms with Crippen LogP contribution in [-0.4, -0.2) is 32.6 Å². The number of benzene rings is 3. The molecule has 0 saturated heterocycles. The molecule has 4 rings (SSSR count). The molecule has 0 unspecified atom stereocenters. The molecule has 0 fully saturated rings. The third-order valence-electron chi connectivity index (χ3n) is 4.97. The minimum Gasteiger partial charge on any atom is -0.497 e. The zero-order valence-corrected chi connectivity index (χ0v) is 20.6. The Kier molecular flexibility index (Phi) is 8.11. The van der Waals surface area contributed by atoms with Crippen molar-refractivity contribution in [1.82, 2.24) is 10.4 Å². The van der Waals surface area contributed by atoms with Crippen molar-refractivity contribution >= 4 is 22.2 Å². The van der Waals surface area contributed by atoms with E-state index in [4.69, 9.17) is 13.7 Å². The number of nitrogens with one attached hydrogen (secondary N) is 1. The Bertz CT molecular complexity index is 1490. The number of pyridine rings is 1. The van der Waals surface area contributed by atoms with Crippen LogP contribution >= 0.6 is 0 Å². The highest BCUT2D eigenvalue weighted by molar-refractivity contribution is 7.87. The molecule has 1 heterocycles. The normalized spacial score (nSPS) is 11.2. The zero-order chi connectivity index (χ0) is 26.1. The van der Waals surface area contributed by atoms with Gasteiger partial charge in [-0.25, -0.2) is 10.4 Å². The Morgan fingerprint density at radius 1 is 0.946 bits per heavy atom. The molecule has 10 heteroatoms. The predicted octanol–water partition coefficient (Wildman–Crippen LogP) is 4.34. The lowest BCUT2D eigenvalue weighted by Gasteiger charge is -2.10. The van der Waals surface area contributed by atoms with E-state index in [1.54, 1.807) is 61.7 Å². The minimum atomic E-state index is -4.19. The van der Waals surface area contributed by atoms with Crippen molar-refractivity contribution in [2.45, 2.75) is 11.3 Å². The van der Waals surface area contributed by atoms with Crippen molar-refractivity contribution in [2.24, 2.45) is 5.10 Å². The molecule has 0 aliphatic heterocycles. The monoisotopic (exact) mass is 517 g/mol. The number of carbonyl (C=O) groups is 1. The quantitative estimate of drug-likeness (QED) is 0.189. The molecule has 188 valence electrons. The lowest BCUT2D eigenvalue weighted by Crippen LogP contribution is -2.20. The Labute approximate surface area is 214 Å². The number of methoxy groups -OCH3 is 1. The van der Waals surface area contributed by atoms with Crippen LogP contribution in [0.25, 0.3) is 0 Å². The molecule has 0 atom stereocenters. The molecule has 0 spiro atoms. The summed E-state index contributed by atoms with van der Waals surface area (Å²) in [6, 6.07) is 25.3. The van der Waals surface area contributed by atoms with E-state index in [0.29, 0.717) is 17.1 Å². The van der Waals surface area contributed by atoms with Gasteiger partial charge in [0.1, 0.15) is 16.4 Å². The molecule has 1 amide bonds. The van der Waals surface area contributed by atoms with Gasteiger partial charge in [0.05, 0.1) is 25.9 Å². The number of hydrazone groups is 1. The summed E-state index contributed by atoms with van der Waals surface area (Å²) < 4.78 is 41.7. The van der Waals surface area contributed by atoms with Crippen LogP contribution in [0.1, 0.15) is 11.1 Å². The number of nitrogens with zero attached hydrogens (tertiary/aromatic N) is 2. The van der Waals surface area contributed by atoms with Crippen LogP contribution in [0.15, 0.2) is 107 Å². The molecule has 0 saturated carbocycles. The van der Waals surface area contributed by atoms with Crippen LogP contribution in [0.3, 0.4) is 0 Å². The van der Waals surface area contributed by atoms with E-state index in [-0.39, 0.29) is 28.9 Å². The van der Waals surface area contributed by atoms with Gasteiger partial charge < -0.3 is 13.7 Å². The Hall–Kier alpha value is -4.70. The topological polar surface area (TPSA) is 116 Å². The number of amides is 1. The standard InChI is InChI=1S/C27H23N3O6S/c1-34-23-12-7-8-20(16-23)17-26(31)30-29-18-21-9-5-6-13-25(21)36-37(32,33)24-14-15-27(28-19-24)35-22-10-3-2-4-11-22/h2-16,18-19H,17H2,1H3,(H,30,31)/b29-18+.